The normalized spacial score (nSPS) is 12.5. The van der Waals surface area contributed by atoms with Crippen molar-refractivity contribution >= 4 is 11.7 Å². The smallest absolute Gasteiger partial charge is 0.254 e. The number of pyridine rings is 1. The molecule has 1 atom stereocenters. The Kier molecular flexibility index (Phi) is 4.39. The third-order valence-corrected chi connectivity index (χ3v) is 2.60. The predicted octanol–water partition coefficient (Wildman–Crippen LogP) is 0.483. The Morgan fingerprint density at radius 1 is 1.65 bits per heavy atom. The van der Waals surface area contributed by atoms with Gasteiger partial charge < -0.3 is 16.0 Å². The van der Waals surface area contributed by atoms with Crippen LogP contribution in [0.3, 0.4) is 0 Å². The highest BCUT2D eigenvalue weighted by atomic mass is 19.1. The summed E-state index contributed by atoms with van der Waals surface area (Å²) in [4.78, 5) is 17.2. The fourth-order valence-electron chi connectivity index (χ4n) is 1.15. The number of carbonyl (C=O) groups is 1. The molecular weight excluding hydrogens is 223 g/mol. The molecule has 0 radical (unpaired) electrons. The van der Waals surface area contributed by atoms with Crippen LogP contribution < -0.4 is 11.1 Å². The lowest BCUT2D eigenvalue weighted by Gasteiger charge is -2.20. The van der Waals surface area contributed by atoms with Crippen LogP contribution in [0.15, 0.2) is 12.3 Å². The summed E-state index contributed by atoms with van der Waals surface area (Å²) >= 11 is 0. The fourth-order valence-corrected chi connectivity index (χ4v) is 1.15. The van der Waals surface area contributed by atoms with Crippen molar-refractivity contribution in [1.29, 1.82) is 0 Å². The van der Waals surface area contributed by atoms with Gasteiger partial charge in [-0.05, 0) is 27.1 Å². The summed E-state index contributed by atoms with van der Waals surface area (Å²) in [5.41, 5.74) is 5.21. The van der Waals surface area contributed by atoms with Crippen molar-refractivity contribution in [2.24, 2.45) is 0 Å². The standard InChI is InChI=1S/C11H17FN4O/c1-7(16(2)3)6-15-11(17)8-4-5-14-10(13)9(8)12/h4-5,7H,6H2,1-3H3,(H2,13,14)(H,15,17). The van der Waals surface area contributed by atoms with Gasteiger partial charge in [-0.1, -0.05) is 0 Å². The van der Waals surface area contributed by atoms with E-state index in [1.54, 1.807) is 0 Å². The molecule has 0 aliphatic rings. The zero-order valence-corrected chi connectivity index (χ0v) is 10.2. The average molecular weight is 240 g/mol. The highest BCUT2D eigenvalue weighted by molar-refractivity contribution is 5.95. The maximum atomic E-state index is 13.5. The van der Waals surface area contributed by atoms with Crippen LogP contribution >= 0.6 is 0 Å². The van der Waals surface area contributed by atoms with Crippen molar-refractivity contribution in [2.45, 2.75) is 13.0 Å². The van der Waals surface area contributed by atoms with Gasteiger partial charge >= 0.3 is 0 Å². The Balaban J connectivity index is 2.68. The molecule has 0 saturated carbocycles. The first-order valence-corrected chi connectivity index (χ1v) is 5.28. The molecule has 0 aliphatic heterocycles. The van der Waals surface area contributed by atoms with E-state index >= 15 is 0 Å². The number of carbonyl (C=O) groups excluding carboxylic acids is 1. The maximum Gasteiger partial charge on any atom is 0.254 e. The third-order valence-electron chi connectivity index (χ3n) is 2.60. The van der Waals surface area contributed by atoms with Crippen LogP contribution in [0, 0.1) is 5.82 Å². The van der Waals surface area contributed by atoms with Crippen molar-refractivity contribution in [2.75, 3.05) is 26.4 Å². The SMILES string of the molecule is CC(CNC(=O)c1ccnc(N)c1F)N(C)C. The van der Waals surface area contributed by atoms with Crippen LogP contribution in [0.5, 0.6) is 0 Å². The van der Waals surface area contributed by atoms with Gasteiger partial charge in [0.05, 0.1) is 5.56 Å². The van der Waals surface area contributed by atoms with Gasteiger partial charge in [-0.2, -0.15) is 0 Å². The van der Waals surface area contributed by atoms with E-state index in [2.05, 4.69) is 10.3 Å². The number of nitrogen functional groups attached to an aromatic ring is 1. The lowest BCUT2D eigenvalue weighted by molar-refractivity contribution is 0.0939. The second-order valence-electron chi connectivity index (χ2n) is 4.08. The van der Waals surface area contributed by atoms with E-state index in [-0.39, 0.29) is 17.4 Å². The molecule has 3 N–H and O–H groups in total. The number of hydrogen-bond acceptors (Lipinski definition) is 4. The molecule has 1 heterocycles. The summed E-state index contributed by atoms with van der Waals surface area (Å²) in [5.74, 6) is -1.52. The summed E-state index contributed by atoms with van der Waals surface area (Å²) in [7, 11) is 3.81. The van der Waals surface area contributed by atoms with Gasteiger partial charge in [-0.15, -0.1) is 0 Å². The molecule has 1 aromatic rings. The number of nitrogens with zero attached hydrogens (tertiary/aromatic N) is 2. The summed E-state index contributed by atoms with van der Waals surface area (Å²) in [5, 5.41) is 2.64. The number of anilines is 1. The zero-order valence-electron chi connectivity index (χ0n) is 10.2. The second kappa shape index (κ2) is 5.58. The van der Waals surface area contributed by atoms with Gasteiger partial charge in [0, 0.05) is 18.8 Å². The van der Waals surface area contributed by atoms with E-state index in [1.807, 2.05) is 25.9 Å². The maximum absolute atomic E-state index is 13.5. The molecule has 17 heavy (non-hydrogen) atoms. The van der Waals surface area contributed by atoms with Gasteiger partial charge in [0.1, 0.15) is 0 Å². The van der Waals surface area contributed by atoms with Crippen LogP contribution in [0.1, 0.15) is 17.3 Å². The lowest BCUT2D eigenvalue weighted by Crippen LogP contribution is -2.38. The highest BCUT2D eigenvalue weighted by Crippen LogP contribution is 2.11. The lowest BCUT2D eigenvalue weighted by atomic mass is 10.2. The molecule has 0 bridgehead atoms. The Bertz CT molecular complexity index is 408. The van der Waals surface area contributed by atoms with Crippen LogP contribution in [-0.2, 0) is 0 Å². The van der Waals surface area contributed by atoms with Gasteiger partial charge in [-0.25, -0.2) is 9.37 Å². The molecule has 0 spiro atoms. The van der Waals surface area contributed by atoms with Gasteiger partial charge in [0.2, 0.25) is 0 Å². The van der Waals surface area contributed by atoms with Crippen molar-refractivity contribution in [1.82, 2.24) is 15.2 Å². The number of halogens is 1. The van der Waals surface area contributed by atoms with Gasteiger partial charge in [-0.3, -0.25) is 4.79 Å². The molecule has 0 saturated heterocycles. The van der Waals surface area contributed by atoms with Crippen molar-refractivity contribution < 1.29 is 9.18 Å². The molecule has 0 aliphatic carbocycles. The van der Waals surface area contributed by atoms with E-state index < -0.39 is 11.7 Å². The van der Waals surface area contributed by atoms with Crippen molar-refractivity contribution in [3.63, 3.8) is 0 Å². The van der Waals surface area contributed by atoms with E-state index in [4.69, 9.17) is 5.73 Å². The quantitative estimate of drug-likeness (QED) is 0.803. The molecule has 0 aromatic carbocycles. The molecule has 94 valence electrons. The number of nitrogens with two attached hydrogens (primary N) is 1. The fraction of sp³-hybridized carbons (Fsp3) is 0.455. The topological polar surface area (TPSA) is 71.2 Å². The first-order valence-electron chi connectivity index (χ1n) is 5.28. The first kappa shape index (κ1) is 13.4. The van der Waals surface area contributed by atoms with Crippen LogP contribution in [0.25, 0.3) is 0 Å². The molecule has 1 unspecified atom stereocenters. The second-order valence-corrected chi connectivity index (χ2v) is 4.08. The number of hydrogen-bond donors (Lipinski definition) is 2. The average Bonchev–Trinajstić information content (AvgIpc) is 2.29. The van der Waals surface area contributed by atoms with Gasteiger partial charge in [0.25, 0.3) is 5.91 Å². The molecular formula is C11H17FN4O. The number of nitrogens with one attached hydrogen (secondary N) is 1. The molecule has 6 heteroatoms. The Hall–Kier alpha value is -1.69. The minimum atomic E-state index is -0.775. The minimum absolute atomic E-state index is 0.0801. The highest BCUT2D eigenvalue weighted by Gasteiger charge is 2.15. The molecule has 0 fully saturated rings. The number of likely N-dealkylation sites (N-methyl/N-ethyl adjacent to an activating group) is 1. The minimum Gasteiger partial charge on any atom is -0.381 e. The molecule has 1 aromatic heterocycles. The van der Waals surface area contributed by atoms with Crippen LogP contribution in [0.2, 0.25) is 0 Å². The Labute approximate surface area is 99.8 Å². The number of rotatable bonds is 4. The van der Waals surface area contributed by atoms with E-state index in [9.17, 15) is 9.18 Å². The third kappa shape index (κ3) is 3.39. The number of aromatic nitrogens is 1. The van der Waals surface area contributed by atoms with Crippen molar-refractivity contribution in [3.8, 4) is 0 Å². The molecule has 1 rings (SSSR count). The Morgan fingerprint density at radius 3 is 2.88 bits per heavy atom. The molecule has 1 amide bonds. The summed E-state index contributed by atoms with van der Waals surface area (Å²) in [6.07, 6.45) is 1.31. The van der Waals surface area contributed by atoms with E-state index in [0.29, 0.717) is 6.54 Å². The predicted molar refractivity (Wildman–Crippen MR) is 64.1 cm³/mol. The Morgan fingerprint density at radius 2 is 2.29 bits per heavy atom. The summed E-state index contributed by atoms with van der Waals surface area (Å²) in [6.45, 7) is 2.39. The largest absolute Gasteiger partial charge is 0.381 e. The van der Waals surface area contributed by atoms with Crippen molar-refractivity contribution in [3.05, 3.63) is 23.6 Å². The van der Waals surface area contributed by atoms with Crippen LogP contribution in [0.4, 0.5) is 10.2 Å². The summed E-state index contributed by atoms with van der Waals surface area (Å²) in [6, 6.07) is 1.47. The zero-order chi connectivity index (χ0) is 13.0. The number of amides is 1. The van der Waals surface area contributed by atoms with E-state index in [1.165, 1.54) is 12.3 Å². The summed E-state index contributed by atoms with van der Waals surface area (Å²) < 4.78 is 13.5. The van der Waals surface area contributed by atoms with Gasteiger partial charge in [0.15, 0.2) is 11.6 Å². The first-order chi connectivity index (χ1) is 7.93. The van der Waals surface area contributed by atoms with E-state index in [0.717, 1.165) is 0 Å². The monoisotopic (exact) mass is 240 g/mol. The molecule has 5 nitrogen and oxygen atoms in total. The van der Waals surface area contributed by atoms with Crippen LogP contribution in [-0.4, -0.2) is 42.5 Å².